The SMILES string of the molecule is CCCCCCC.CCc1c(C)cnc(CCc2cnc(N)nc2NC)c1C. The quantitative estimate of drug-likeness (QED) is 0.562. The summed E-state index contributed by atoms with van der Waals surface area (Å²) in [5.74, 6) is 1.09. The zero-order valence-electron chi connectivity index (χ0n) is 18.7. The van der Waals surface area contributed by atoms with Crippen molar-refractivity contribution in [2.75, 3.05) is 18.1 Å². The lowest BCUT2D eigenvalue weighted by molar-refractivity contribution is 0.656. The van der Waals surface area contributed by atoms with Crippen molar-refractivity contribution in [2.24, 2.45) is 0 Å². The third-order valence-electron chi connectivity index (χ3n) is 5.09. The molecule has 0 saturated carbocycles. The predicted molar refractivity (Wildman–Crippen MR) is 121 cm³/mol. The number of pyridine rings is 1. The summed E-state index contributed by atoms with van der Waals surface area (Å²) >= 11 is 0. The fourth-order valence-electron chi connectivity index (χ4n) is 3.37. The van der Waals surface area contributed by atoms with Crippen LogP contribution < -0.4 is 11.1 Å². The Morgan fingerprint density at radius 2 is 1.61 bits per heavy atom. The van der Waals surface area contributed by atoms with Crippen LogP contribution in [0.2, 0.25) is 0 Å². The normalized spacial score (nSPS) is 10.4. The van der Waals surface area contributed by atoms with Gasteiger partial charge < -0.3 is 11.1 Å². The first-order valence-electron chi connectivity index (χ1n) is 10.7. The highest BCUT2D eigenvalue weighted by molar-refractivity contribution is 5.46. The monoisotopic (exact) mass is 385 g/mol. The van der Waals surface area contributed by atoms with Gasteiger partial charge in [0.1, 0.15) is 5.82 Å². The molecule has 0 aliphatic carbocycles. The van der Waals surface area contributed by atoms with E-state index in [1.165, 1.54) is 48.8 Å². The molecule has 28 heavy (non-hydrogen) atoms. The molecule has 0 spiro atoms. The van der Waals surface area contributed by atoms with E-state index in [4.69, 9.17) is 5.73 Å². The average molecular weight is 386 g/mol. The molecule has 2 heterocycles. The van der Waals surface area contributed by atoms with Crippen molar-refractivity contribution in [1.82, 2.24) is 15.0 Å². The van der Waals surface area contributed by atoms with Crippen molar-refractivity contribution in [3.63, 3.8) is 0 Å². The molecule has 0 aromatic carbocycles. The molecule has 0 aliphatic rings. The third kappa shape index (κ3) is 7.45. The topological polar surface area (TPSA) is 76.7 Å². The molecule has 0 atom stereocenters. The first-order chi connectivity index (χ1) is 13.5. The maximum atomic E-state index is 5.61. The Balaban J connectivity index is 0.000000480. The first kappa shape index (κ1) is 23.9. The van der Waals surface area contributed by atoms with E-state index in [0.717, 1.165) is 36.3 Å². The highest BCUT2D eigenvalue weighted by Gasteiger charge is 2.10. The van der Waals surface area contributed by atoms with E-state index in [0.29, 0.717) is 5.95 Å². The highest BCUT2D eigenvalue weighted by Crippen LogP contribution is 2.20. The van der Waals surface area contributed by atoms with Crippen LogP contribution >= 0.6 is 0 Å². The fourth-order valence-corrected chi connectivity index (χ4v) is 3.37. The Morgan fingerprint density at radius 1 is 0.929 bits per heavy atom. The Morgan fingerprint density at radius 3 is 2.18 bits per heavy atom. The Labute approximate surface area is 171 Å². The number of aryl methyl sites for hydroxylation is 3. The molecule has 3 N–H and O–H groups in total. The number of hydrogen-bond donors (Lipinski definition) is 2. The van der Waals surface area contributed by atoms with Gasteiger partial charge in [-0.15, -0.1) is 0 Å². The number of unbranched alkanes of at least 4 members (excludes halogenated alkanes) is 4. The molecule has 2 aromatic heterocycles. The van der Waals surface area contributed by atoms with Gasteiger partial charge in [-0.2, -0.15) is 4.98 Å². The molecule has 0 radical (unpaired) electrons. The Hall–Kier alpha value is -2.17. The van der Waals surface area contributed by atoms with Crippen molar-refractivity contribution in [3.05, 3.63) is 40.3 Å². The molecule has 0 fully saturated rings. The molecule has 0 unspecified atom stereocenters. The summed E-state index contributed by atoms with van der Waals surface area (Å²) in [5.41, 5.74) is 11.8. The maximum Gasteiger partial charge on any atom is 0.221 e. The smallest absolute Gasteiger partial charge is 0.221 e. The van der Waals surface area contributed by atoms with Gasteiger partial charge in [0, 0.05) is 30.7 Å². The standard InChI is InChI=1S/C16H23N5.C7H16/c1-5-13-10(2)8-19-14(11(13)3)7-6-12-9-20-16(17)21-15(12)18-4;1-3-5-7-6-4-2/h8-9H,5-7H2,1-4H3,(H3,17,18,20,21);3-7H2,1-2H3. The molecule has 0 aliphatic heterocycles. The van der Waals surface area contributed by atoms with Crippen LogP contribution in [0, 0.1) is 13.8 Å². The summed E-state index contributed by atoms with van der Waals surface area (Å²) in [7, 11) is 1.84. The molecule has 2 rings (SSSR count). The maximum absolute atomic E-state index is 5.61. The second-order valence-electron chi connectivity index (χ2n) is 7.26. The van der Waals surface area contributed by atoms with E-state index in [-0.39, 0.29) is 0 Å². The van der Waals surface area contributed by atoms with Crippen LogP contribution in [0.1, 0.15) is 80.8 Å². The molecule has 0 saturated heterocycles. The second-order valence-corrected chi connectivity index (χ2v) is 7.26. The summed E-state index contributed by atoms with van der Waals surface area (Å²) in [5, 5.41) is 3.07. The van der Waals surface area contributed by atoms with Gasteiger partial charge in [-0.05, 0) is 49.8 Å². The molecular formula is C23H39N5. The Bertz CT molecular complexity index is 708. The number of anilines is 2. The van der Waals surface area contributed by atoms with E-state index in [1.807, 2.05) is 13.2 Å². The van der Waals surface area contributed by atoms with E-state index < -0.39 is 0 Å². The summed E-state index contributed by atoms with van der Waals surface area (Å²) in [6.07, 6.45) is 13.5. The van der Waals surface area contributed by atoms with Gasteiger partial charge >= 0.3 is 0 Å². The van der Waals surface area contributed by atoms with Gasteiger partial charge in [0.15, 0.2) is 0 Å². The summed E-state index contributed by atoms with van der Waals surface area (Å²) in [6, 6.07) is 0. The first-order valence-corrected chi connectivity index (χ1v) is 10.7. The molecule has 156 valence electrons. The average Bonchev–Trinajstić information content (AvgIpc) is 2.69. The van der Waals surface area contributed by atoms with Crippen LogP contribution in [-0.2, 0) is 19.3 Å². The summed E-state index contributed by atoms with van der Waals surface area (Å²) < 4.78 is 0. The van der Waals surface area contributed by atoms with Gasteiger partial charge in [0.25, 0.3) is 0 Å². The number of rotatable bonds is 9. The zero-order valence-corrected chi connectivity index (χ0v) is 18.7. The van der Waals surface area contributed by atoms with E-state index in [2.05, 4.69) is 54.9 Å². The summed E-state index contributed by atoms with van der Waals surface area (Å²) in [6.45, 7) is 11.0. The van der Waals surface area contributed by atoms with Crippen molar-refractivity contribution in [1.29, 1.82) is 0 Å². The fraction of sp³-hybridized carbons (Fsp3) is 0.609. The molecule has 5 heteroatoms. The van der Waals surface area contributed by atoms with E-state index >= 15 is 0 Å². The molecular weight excluding hydrogens is 346 g/mol. The minimum absolute atomic E-state index is 0.293. The van der Waals surface area contributed by atoms with Crippen molar-refractivity contribution < 1.29 is 0 Å². The minimum Gasteiger partial charge on any atom is -0.373 e. The lowest BCUT2D eigenvalue weighted by atomic mass is 9.98. The van der Waals surface area contributed by atoms with Gasteiger partial charge in [-0.3, -0.25) is 4.98 Å². The number of nitrogens with two attached hydrogens (primary N) is 1. The Kier molecular flexibility index (Phi) is 11.2. The highest BCUT2D eigenvalue weighted by atomic mass is 15.1. The lowest BCUT2D eigenvalue weighted by Crippen LogP contribution is -2.07. The van der Waals surface area contributed by atoms with Crippen LogP contribution in [0.3, 0.4) is 0 Å². The predicted octanol–water partition coefficient (Wildman–Crippen LogP) is 5.44. The minimum atomic E-state index is 0.293. The van der Waals surface area contributed by atoms with E-state index in [1.54, 1.807) is 6.20 Å². The van der Waals surface area contributed by atoms with E-state index in [9.17, 15) is 0 Å². The van der Waals surface area contributed by atoms with Crippen molar-refractivity contribution in [2.45, 2.75) is 86.0 Å². The van der Waals surface area contributed by atoms with Crippen molar-refractivity contribution >= 4 is 11.8 Å². The van der Waals surface area contributed by atoms with Gasteiger partial charge in [0.2, 0.25) is 5.95 Å². The molecule has 0 bridgehead atoms. The van der Waals surface area contributed by atoms with Gasteiger partial charge in [-0.25, -0.2) is 4.98 Å². The second kappa shape index (κ2) is 13.1. The number of nitrogens with zero attached hydrogens (tertiary/aromatic N) is 3. The molecule has 2 aromatic rings. The number of nitrogen functional groups attached to an aromatic ring is 1. The lowest BCUT2D eigenvalue weighted by Gasteiger charge is -2.13. The summed E-state index contributed by atoms with van der Waals surface area (Å²) in [4.78, 5) is 12.9. The molecule has 5 nitrogen and oxygen atoms in total. The van der Waals surface area contributed by atoms with Gasteiger partial charge in [0.05, 0.1) is 0 Å². The van der Waals surface area contributed by atoms with Crippen LogP contribution in [0.25, 0.3) is 0 Å². The van der Waals surface area contributed by atoms with Crippen molar-refractivity contribution in [3.8, 4) is 0 Å². The van der Waals surface area contributed by atoms with Crippen LogP contribution in [0.15, 0.2) is 12.4 Å². The van der Waals surface area contributed by atoms with Crippen LogP contribution in [0.5, 0.6) is 0 Å². The number of aromatic nitrogens is 3. The zero-order chi connectivity index (χ0) is 20.9. The number of nitrogens with one attached hydrogen (secondary N) is 1. The molecule has 0 amide bonds. The van der Waals surface area contributed by atoms with Gasteiger partial charge in [-0.1, -0.05) is 52.9 Å². The van der Waals surface area contributed by atoms with Crippen LogP contribution in [0.4, 0.5) is 11.8 Å². The third-order valence-corrected chi connectivity index (χ3v) is 5.09. The van der Waals surface area contributed by atoms with Crippen LogP contribution in [-0.4, -0.2) is 22.0 Å². The number of hydrogen-bond acceptors (Lipinski definition) is 5. The largest absolute Gasteiger partial charge is 0.373 e.